The Morgan fingerprint density at radius 1 is 0.840 bits per heavy atom. The predicted octanol–water partition coefficient (Wildman–Crippen LogP) is 6.70. The maximum Gasteiger partial charge on any atom is 0.308 e. The van der Waals surface area contributed by atoms with E-state index in [4.69, 9.17) is 9.47 Å². The van der Waals surface area contributed by atoms with Gasteiger partial charge < -0.3 is 9.47 Å². The highest BCUT2D eigenvalue weighted by Gasteiger charge is 2.40. The second-order valence-electron chi connectivity index (χ2n) is 7.28. The standard InChI is InChI=1S/C22H40O3/c1-3-5-6-7-8-9-10-11-12-13-14-15-16-17-18-19-21(23)25-22-20(4-2)24-22/h11-12,20,22H,3-10,13-19H2,1-2H3. The summed E-state index contributed by atoms with van der Waals surface area (Å²) in [6.45, 7) is 4.31. The molecule has 0 aromatic heterocycles. The van der Waals surface area contributed by atoms with Gasteiger partial charge in [-0.25, -0.2) is 0 Å². The monoisotopic (exact) mass is 352 g/mol. The smallest absolute Gasteiger partial charge is 0.308 e. The second-order valence-corrected chi connectivity index (χ2v) is 7.28. The third-order valence-electron chi connectivity index (χ3n) is 4.83. The molecule has 3 nitrogen and oxygen atoms in total. The Balaban J connectivity index is 1.75. The van der Waals surface area contributed by atoms with Crippen LogP contribution in [0.25, 0.3) is 0 Å². The summed E-state index contributed by atoms with van der Waals surface area (Å²) in [7, 11) is 0. The van der Waals surface area contributed by atoms with Crippen LogP contribution in [0.4, 0.5) is 0 Å². The van der Waals surface area contributed by atoms with Crippen molar-refractivity contribution in [3.63, 3.8) is 0 Å². The van der Waals surface area contributed by atoms with Gasteiger partial charge in [0.25, 0.3) is 0 Å². The predicted molar refractivity (Wildman–Crippen MR) is 104 cm³/mol. The zero-order chi connectivity index (χ0) is 18.2. The Labute approximate surface area is 155 Å². The molecule has 1 fully saturated rings. The van der Waals surface area contributed by atoms with Crippen molar-refractivity contribution in [2.45, 2.75) is 123 Å². The molecule has 0 N–H and O–H groups in total. The SMILES string of the molecule is CCCCCCCCC=CCCCCCCCC(=O)OC1OC1CC. The molecule has 1 saturated heterocycles. The first-order chi connectivity index (χ1) is 12.3. The molecule has 3 heteroatoms. The molecule has 2 atom stereocenters. The normalized spacial score (nSPS) is 19.4. The third-order valence-corrected chi connectivity index (χ3v) is 4.83. The number of epoxide rings is 1. The van der Waals surface area contributed by atoms with Crippen LogP contribution in [0.15, 0.2) is 12.2 Å². The van der Waals surface area contributed by atoms with Gasteiger partial charge in [-0.2, -0.15) is 0 Å². The van der Waals surface area contributed by atoms with Crippen LogP contribution < -0.4 is 0 Å². The van der Waals surface area contributed by atoms with Crippen LogP contribution in [0.2, 0.25) is 0 Å². The minimum Gasteiger partial charge on any atom is -0.433 e. The molecule has 0 aromatic rings. The van der Waals surface area contributed by atoms with Gasteiger partial charge in [-0.3, -0.25) is 4.79 Å². The Hall–Kier alpha value is -0.830. The van der Waals surface area contributed by atoms with E-state index in [0.29, 0.717) is 6.42 Å². The number of ether oxygens (including phenoxy) is 2. The zero-order valence-electron chi connectivity index (χ0n) is 16.6. The van der Waals surface area contributed by atoms with Crippen molar-refractivity contribution in [2.75, 3.05) is 0 Å². The van der Waals surface area contributed by atoms with E-state index in [0.717, 1.165) is 19.3 Å². The molecule has 1 heterocycles. The van der Waals surface area contributed by atoms with Gasteiger partial charge in [-0.15, -0.1) is 0 Å². The summed E-state index contributed by atoms with van der Waals surface area (Å²) in [5.74, 6) is -0.0985. The van der Waals surface area contributed by atoms with Crippen LogP contribution >= 0.6 is 0 Å². The lowest BCUT2D eigenvalue weighted by molar-refractivity contribution is -0.148. The van der Waals surface area contributed by atoms with Crippen LogP contribution in [0, 0.1) is 0 Å². The first kappa shape index (κ1) is 22.2. The van der Waals surface area contributed by atoms with E-state index in [1.807, 2.05) is 6.92 Å². The van der Waals surface area contributed by atoms with Crippen molar-refractivity contribution in [3.05, 3.63) is 12.2 Å². The van der Waals surface area contributed by atoms with E-state index in [1.165, 1.54) is 70.6 Å². The fourth-order valence-electron chi connectivity index (χ4n) is 3.05. The number of unbranched alkanes of at least 4 members (excludes halogenated alkanes) is 11. The summed E-state index contributed by atoms with van der Waals surface area (Å²) in [4.78, 5) is 11.6. The average molecular weight is 353 g/mol. The highest BCUT2D eigenvalue weighted by molar-refractivity contribution is 5.69. The minimum absolute atomic E-state index is 0.0985. The van der Waals surface area contributed by atoms with Crippen molar-refractivity contribution < 1.29 is 14.3 Å². The van der Waals surface area contributed by atoms with Gasteiger partial charge in [0, 0.05) is 6.42 Å². The molecule has 1 aliphatic rings. The van der Waals surface area contributed by atoms with Gasteiger partial charge in [0.2, 0.25) is 6.29 Å². The third kappa shape index (κ3) is 13.1. The van der Waals surface area contributed by atoms with Crippen molar-refractivity contribution >= 4 is 5.97 Å². The second kappa shape index (κ2) is 15.4. The maximum atomic E-state index is 11.6. The molecule has 0 spiro atoms. The summed E-state index contributed by atoms with van der Waals surface area (Å²) in [5, 5.41) is 0. The summed E-state index contributed by atoms with van der Waals surface area (Å²) in [6.07, 6.45) is 22.6. The van der Waals surface area contributed by atoms with Crippen LogP contribution in [-0.4, -0.2) is 18.4 Å². The number of esters is 1. The number of hydrogen-bond acceptors (Lipinski definition) is 3. The quantitative estimate of drug-likeness (QED) is 0.126. The topological polar surface area (TPSA) is 38.8 Å². The summed E-state index contributed by atoms with van der Waals surface area (Å²) >= 11 is 0. The van der Waals surface area contributed by atoms with Crippen LogP contribution in [0.1, 0.15) is 110 Å². The largest absolute Gasteiger partial charge is 0.433 e. The summed E-state index contributed by atoms with van der Waals surface area (Å²) in [6, 6.07) is 0. The zero-order valence-corrected chi connectivity index (χ0v) is 16.6. The van der Waals surface area contributed by atoms with Gasteiger partial charge in [-0.05, 0) is 38.5 Å². The molecule has 0 bridgehead atoms. The van der Waals surface area contributed by atoms with Gasteiger partial charge >= 0.3 is 5.97 Å². The number of carbonyl (C=O) groups excluding carboxylic acids is 1. The van der Waals surface area contributed by atoms with E-state index in [-0.39, 0.29) is 18.4 Å². The lowest BCUT2D eigenvalue weighted by Gasteiger charge is -2.02. The van der Waals surface area contributed by atoms with Crippen molar-refractivity contribution in [2.24, 2.45) is 0 Å². The van der Waals surface area contributed by atoms with Crippen molar-refractivity contribution in [3.8, 4) is 0 Å². The molecule has 1 aliphatic heterocycles. The van der Waals surface area contributed by atoms with Crippen molar-refractivity contribution in [1.29, 1.82) is 0 Å². The molecular weight excluding hydrogens is 312 g/mol. The fraction of sp³-hybridized carbons (Fsp3) is 0.864. The Kier molecular flexibility index (Phi) is 13.7. The first-order valence-electron chi connectivity index (χ1n) is 10.8. The van der Waals surface area contributed by atoms with Crippen LogP contribution in [0.5, 0.6) is 0 Å². The van der Waals surface area contributed by atoms with Crippen molar-refractivity contribution in [1.82, 2.24) is 0 Å². The summed E-state index contributed by atoms with van der Waals surface area (Å²) < 4.78 is 10.4. The van der Waals surface area contributed by atoms with E-state index >= 15 is 0 Å². The number of carbonyl (C=O) groups is 1. The molecule has 0 radical (unpaired) electrons. The summed E-state index contributed by atoms with van der Waals surface area (Å²) in [5.41, 5.74) is 0. The molecule has 0 aliphatic carbocycles. The van der Waals surface area contributed by atoms with Crippen LogP contribution in [-0.2, 0) is 14.3 Å². The highest BCUT2D eigenvalue weighted by atomic mass is 16.8. The van der Waals surface area contributed by atoms with E-state index in [9.17, 15) is 4.79 Å². The molecule has 1 rings (SSSR count). The molecule has 2 unspecified atom stereocenters. The number of hydrogen-bond donors (Lipinski definition) is 0. The Morgan fingerprint density at radius 3 is 1.96 bits per heavy atom. The van der Waals surface area contributed by atoms with Gasteiger partial charge in [0.05, 0.1) is 0 Å². The molecule has 25 heavy (non-hydrogen) atoms. The molecule has 0 amide bonds. The highest BCUT2D eigenvalue weighted by Crippen LogP contribution is 2.26. The van der Waals surface area contributed by atoms with E-state index in [2.05, 4.69) is 19.1 Å². The number of allylic oxidation sites excluding steroid dienone is 2. The molecule has 0 aromatic carbocycles. The maximum absolute atomic E-state index is 11.6. The fourth-order valence-corrected chi connectivity index (χ4v) is 3.05. The minimum atomic E-state index is -0.249. The van der Waals surface area contributed by atoms with Gasteiger partial charge in [0.1, 0.15) is 6.10 Å². The average Bonchev–Trinajstić information content (AvgIpc) is 3.36. The molecule has 0 saturated carbocycles. The van der Waals surface area contributed by atoms with E-state index < -0.39 is 0 Å². The Bertz CT molecular complexity index is 351. The molecule has 146 valence electrons. The lowest BCUT2D eigenvalue weighted by atomic mass is 10.1. The Morgan fingerprint density at radius 2 is 1.40 bits per heavy atom. The van der Waals surface area contributed by atoms with E-state index in [1.54, 1.807) is 0 Å². The van der Waals surface area contributed by atoms with Gasteiger partial charge in [-0.1, -0.05) is 77.4 Å². The molecular formula is C22H40O3. The first-order valence-corrected chi connectivity index (χ1v) is 10.8. The lowest BCUT2D eigenvalue weighted by Crippen LogP contribution is -2.08. The van der Waals surface area contributed by atoms with Crippen LogP contribution in [0.3, 0.4) is 0 Å². The number of rotatable bonds is 17. The van der Waals surface area contributed by atoms with Gasteiger partial charge in [0.15, 0.2) is 0 Å².